The van der Waals surface area contributed by atoms with E-state index in [-0.39, 0.29) is 0 Å². The summed E-state index contributed by atoms with van der Waals surface area (Å²) in [4.78, 5) is 19.6. The monoisotopic (exact) mass is 322 g/mol. The van der Waals surface area contributed by atoms with E-state index in [1.54, 1.807) is 6.20 Å². The highest BCUT2D eigenvalue weighted by atomic mass is 16.1. The summed E-state index contributed by atoms with van der Waals surface area (Å²) >= 11 is 0. The van der Waals surface area contributed by atoms with E-state index in [0.717, 1.165) is 28.7 Å². The summed E-state index contributed by atoms with van der Waals surface area (Å²) in [5, 5.41) is 14.5. The molecule has 7 nitrogen and oxygen atoms in total. The Kier molecular flexibility index (Phi) is 3.82. The third-order valence-corrected chi connectivity index (χ3v) is 4.28. The average Bonchev–Trinajstić information content (AvgIpc) is 3.01. The number of aromatic amines is 1. The van der Waals surface area contributed by atoms with Gasteiger partial charge < -0.3 is 15.4 Å². The first-order chi connectivity index (χ1) is 11.8. The number of H-pyrrole nitrogens is 1. The van der Waals surface area contributed by atoms with Crippen LogP contribution in [0.25, 0.3) is 11.0 Å². The minimum Gasteiger partial charge on any atom is -0.367 e. The number of hydrogen-bond acceptors (Lipinski definition) is 6. The summed E-state index contributed by atoms with van der Waals surface area (Å²) in [7, 11) is 0. The molecule has 0 amide bonds. The molecular weight excluding hydrogens is 304 g/mol. The minimum absolute atomic E-state index is 0.423. The molecule has 4 rings (SSSR count). The SMILES string of the molecule is O=CCc1ccc(Nc2nc(NC3CCC3)c3cn[nH]c3n2)cc1. The van der Waals surface area contributed by atoms with Gasteiger partial charge in [-0.1, -0.05) is 12.1 Å². The van der Waals surface area contributed by atoms with Gasteiger partial charge in [0.05, 0.1) is 11.6 Å². The number of rotatable bonds is 6. The van der Waals surface area contributed by atoms with Crippen LogP contribution in [0, 0.1) is 0 Å². The van der Waals surface area contributed by atoms with Gasteiger partial charge in [0.15, 0.2) is 5.65 Å². The van der Waals surface area contributed by atoms with Crippen LogP contribution >= 0.6 is 0 Å². The molecule has 24 heavy (non-hydrogen) atoms. The second kappa shape index (κ2) is 6.27. The van der Waals surface area contributed by atoms with E-state index in [0.29, 0.717) is 24.1 Å². The van der Waals surface area contributed by atoms with E-state index in [1.165, 1.54) is 19.3 Å². The molecule has 1 aliphatic carbocycles. The summed E-state index contributed by atoms with van der Waals surface area (Å²) in [5.41, 5.74) is 2.55. The average molecular weight is 322 g/mol. The Labute approximate surface area is 138 Å². The summed E-state index contributed by atoms with van der Waals surface area (Å²) in [6, 6.07) is 8.14. The minimum atomic E-state index is 0.423. The van der Waals surface area contributed by atoms with Crippen molar-refractivity contribution in [3.8, 4) is 0 Å². The molecule has 0 saturated heterocycles. The fourth-order valence-electron chi connectivity index (χ4n) is 2.70. The summed E-state index contributed by atoms with van der Waals surface area (Å²) in [6.07, 6.45) is 6.67. The van der Waals surface area contributed by atoms with Gasteiger partial charge in [-0.2, -0.15) is 15.1 Å². The number of anilines is 3. The van der Waals surface area contributed by atoms with E-state index in [4.69, 9.17) is 0 Å². The summed E-state index contributed by atoms with van der Waals surface area (Å²) in [5.74, 6) is 1.32. The van der Waals surface area contributed by atoms with Crippen LogP contribution in [0.1, 0.15) is 24.8 Å². The fourth-order valence-corrected chi connectivity index (χ4v) is 2.70. The van der Waals surface area contributed by atoms with Crippen LogP contribution in [0.4, 0.5) is 17.5 Å². The largest absolute Gasteiger partial charge is 0.367 e. The van der Waals surface area contributed by atoms with Crippen LogP contribution in [0.2, 0.25) is 0 Å². The molecule has 0 bridgehead atoms. The molecular formula is C17H18N6O. The topological polar surface area (TPSA) is 95.6 Å². The van der Waals surface area contributed by atoms with Crippen molar-refractivity contribution in [2.24, 2.45) is 0 Å². The van der Waals surface area contributed by atoms with E-state index >= 15 is 0 Å². The molecule has 0 spiro atoms. The Morgan fingerprint density at radius 2 is 2.04 bits per heavy atom. The Bertz CT molecular complexity index is 853. The van der Waals surface area contributed by atoms with Gasteiger partial charge in [0, 0.05) is 18.2 Å². The molecule has 2 heterocycles. The highest BCUT2D eigenvalue weighted by molar-refractivity contribution is 5.87. The maximum absolute atomic E-state index is 10.6. The number of carbonyl (C=O) groups is 1. The molecule has 0 atom stereocenters. The van der Waals surface area contributed by atoms with Crippen molar-refractivity contribution in [1.29, 1.82) is 0 Å². The van der Waals surface area contributed by atoms with Crippen molar-refractivity contribution in [2.75, 3.05) is 10.6 Å². The van der Waals surface area contributed by atoms with Crippen LogP contribution in [-0.4, -0.2) is 32.5 Å². The molecule has 122 valence electrons. The summed E-state index contributed by atoms with van der Waals surface area (Å²) in [6.45, 7) is 0. The number of aromatic nitrogens is 4. The lowest BCUT2D eigenvalue weighted by atomic mass is 9.93. The molecule has 7 heteroatoms. The molecule has 0 aliphatic heterocycles. The standard InChI is InChI=1S/C17H18N6O/c24-9-8-11-4-6-13(7-5-11)20-17-21-15(19-12-2-1-3-12)14-10-18-23-16(14)22-17/h4-7,9-10,12H,1-3,8H2,(H3,18,19,20,21,22,23). The number of nitrogens with one attached hydrogen (secondary N) is 3. The Hall–Kier alpha value is -2.96. The van der Waals surface area contributed by atoms with Gasteiger partial charge in [0.1, 0.15) is 12.1 Å². The highest BCUT2D eigenvalue weighted by Gasteiger charge is 2.19. The number of nitrogens with zero attached hydrogens (tertiary/aromatic N) is 3. The highest BCUT2D eigenvalue weighted by Crippen LogP contribution is 2.27. The number of aldehydes is 1. The van der Waals surface area contributed by atoms with Crippen molar-refractivity contribution in [2.45, 2.75) is 31.7 Å². The third-order valence-electron chi connectivity index (χ3n) is 4.28. The van der Waals surface area contributed by atoms with Crippen LogP contribution in [0.5, 0.6) is 0 Å². The van der Waals surface area contributed by atoms with Gasteiger partial charge in [-0.3, -0.25) is 5.10 Å². The molecule has 0 radical (unpaired) electrons. The summed E-state index contributed by atoms with van der Waals surface area (Å²) < 4.78 is 0. The van der Waals surface area contributed by atoms with E-state index in [1.807, 2.05) is 24.3 Å². The molecule has 1 fully saturated rings. The van der Waals surface area contributed by atoms with Crippen molar-refractivity contribution < 1.29 is 4.79 Å². The zero-order valence-electron chi connectivity index (χ0n) is 13.1. The van der Waals surface area contributed by atoms with Crippen molar-refractivity contribution in [3.63, 3.8) is 0 Å². The van der Waals surface area contributed by atoms with Gasteiger partial charge in [-0.05, 0) is 37.0 Å². The van der Waals surface area contributed by atoms with Crippen LogP contribution in [0.15, 0.2) is 30.5 Å². The molecule has 2 aromatic heterocycles. The molecule has 1 saturated carbocycles. The van der Waals surface area contributed by atoms with Gasteiger partial charge in [0.2, 0.25) is 5.95 Å². The lowest BCUT2D eigenvalue weighted by molar-refractivity contribution is -0.107. The van der Waals surface area contributed by atoms with Gasteiger partial charge in [-0.15, -0.1) is 0 Å². The first-order valence-electron chi connectivity index (χ1n) is 8.09. The second-order valence-corrected chi connectivity index (χ2v) is 5.99. The molecule has 1 aromatic carbocycles. The smallest absolute Gasteiger partial charge is 0.231 e. The predicted molar refractivity (Wildman–Crippen MR) is 92.4 cm³/mol. The lowest BCUT2D eigenvalue weighted by Gasteiger charge is -2.27. The van der Waals surface area contributed by atoms with Crippen LogP contribution in [0.3, 0.4) is 0 Å². The van der Waals surface area contributed by atoms with Crippen molar-refractivity contribution in [1.82, 2.24) is 20.2 Å². The molecule has 0 unspecified atom stereocenters. The van der Waals surface area contributed by atoms with E-state index < -0.39 is 0 Å². The Balaban J connectivity index is 1.59. The fraction of sp³-hybridized carbons (Fsp3) is 0.294. The Morgan fingerprint density at radius 3 is 2.75 bits per heavy atom. The maximum Gasteiger partial charge on any atom is 0.231 e. The van der Waals surface area contributed by atoms with Gasteiger partial charge >= 0.3 is 0 Å². The third kappa shape index (κ3) is 2.92. The van der Waals surface area contributed by atoms with Gasteiger partial charge in [0.25, 0.3) is 0 Å². The van der Waals surface area contributed by atoms with Crippen molar-refractivity contribution >= 4 is 34.8 Å². The number of fused-ring (bicyclic) bond motifs is 1. The lowest BCUT2D eigenvalue weighted by Crippen LogP contribution is -2.27. The quantitative estimate of drug-likeness (QED) is 0.604. The number of hydrogen-bond donors (Lipinski definition) is 3. The van der Waals surface area contributed by atoms with E-state index in [9.17, 15) is 4.79 Å². The van der Waals surface area contributed by atoms with E-state index in [2.05, 4.69) is 30.8 Å². The first-order valence-corrected chi connectivity index (χ1v) is 8.09. The van der Waals surface area contributed by atoms with Crippen LogP contribution in [-0.2, 0) is 11.2 Å². The van der Waals surface area contributed by atoms with Crippen molar-refractivity contribution in [3.05, 3.63) is 36.0 Å². The second-order valence-electron chi connectivity index (χ2n) is 5.99. The van der Waals surface area contributed by atoms with Crippen LogP contribution < -0.4 is 10.6 Å². The first kappa shape index (κ1) is 14.6. The molecule has 1 aliphatic rings. The Morgan fingerprint density at radius 1 is 1.21 bits per heavy atom. The maximum atomic E-state index is 10.6. The van der Waals surface area contributed by atoms with Gasteiger partial charge in [-0.25, -0.2) is 0 Å². The normalized spacial score (nSPS) is 14.3. The molecule has 3 aromatic rings. The predicted octanol–water partition coefficient (Wildman–Crippen LogP) is 2.80. The zero-order valence-corrected chi connectivity index (χ0v) is 13.1. The number of carbonyl (C=O) groups excluding carboxylic acids is 1. The molecule has 3 N–H and O–H groups in total. The zero-order chi connectivity index (χ0) is 16.4. The number of benzene rings is 1.